The fraction of sp³-hybridized carbons (Fsp3) is 0.611. The van der Waals surface area contributed by atoms with Crippen molar-refractivity contribution in [2.24, 2.45) is 0 Å². The van der Waals surface area contributed by atoms with E-state index in [1.165, 1.54) is 0 Å². The normalized spacial score (nSPS) is 21.7. The van der Waals surface area contributed by atoms with Gasteiger partial charge in [0.2, 0.25) is 0 Å². The van der Waals surface area contributed by atoms with E-state index in [0.717, 1.165) is 25.0 Å². The minimum Gasteiger partial charge on any atom is -0.461 e. The van der Waals surface area contributed by atoms with Crippen LogP contribution in [0.1, 0.15) is 35.2 Å². The largest absolute Gasteiger partial charge is 0.461 e. The lowest BCUT2D eigenvalue weighted by Crippen LogP contribution is -2.23. The second kappa shape index (κ2) is 8.23. The second-order valence-corrected chi connectivity index (χ2v) is 11.8. The van der Waals surface area contributed by atoms with Gasteiger partial charge >= 0.3 is 5.97 Å². The predicted molar refractivity (Wildman–Crippen MR) is 99.8 cm³/mol. The lowest BCUT2D eigenvalue weighted by Gasteiger charge is -2.24. The maximum Gasteiger partial charge on any atom is 0.338 e. The number of anilines is 1. The fourth-order valence-corrected chi connectivity index (χ4v) is 3.28. The molecule has 0 aliphatic heterocycles. The van der Waals surface area contributed by atoms with Gasteiger partial charge in [-0.3, -0.25) is 0 Å². The number of esters is 1. The van der Waals surface area contributed by atoms with Gasteiger partial charge in [0.25, 0.3) is 0 Å². The summed E-state index contributed by atoms with van der Waals surface area (Å²) in [6.45, 7) is 0.672. The molecule has 1 fully saturated rings. The molecule has 3 N–H and O–H groups in total. The van der Waals surface area contributed by atoms with Crippen LogP contribution in [-0.4, -0.2) is 54.4 Å². The van der Waals surface area contributed by atoms with Crippen molar-refractivity contribution in [2.45, 2.75) is 38.1 Å². The van der Waals surface area contributed by atoms with Crippen LogP contribution in [0.15, 0.2) is 18.2 Å². The molecule has 1 saturated carbocycles. The van der Waals surface area contributed by atoms with Crippen molar-refractivity contribution in [1.29, 1.82) is 0 Å². The van der Waals surface area contributed by atoms with E-state index in [2.05, 4.69) is 18.8 Å². The van der Waals surface area contributed by atoms with Gasteiger partial charge in [-0.15, -0.1) is 0 Å². The third-order valence-electron chi connectivity index (χ3n) is 4.15. The first-order valence-corrected chi connectivity index (χ1v) is 11.3. The Morgan fingerprint density at radius 2 is 2.08 bits per heavy atom. The quantitative estimate of drug-likeness (QED) is 0.580. The van der Waals surface area contributed by atoms with E-state index in [1.807, 2.05) is 0 Å². The summed E-state index contributed by atoms with van der Waals surface area (Å²) in [4.78, 5) is 12.4. The summed E-state index contributed by atoms with van der Waals surface area (Å²) >= 11 is 0. The van der Waals surface area contributed by atoms with Gasteiger partial charge in [-0.25, -0.2) is 14.8 Å². The molecule has 0 spiro atoms. The Morgan fingerprint density at radius 3 is 2.71 bits per heavy atom. The number of carbonyl (C=O) groups is 1. The topological polar surface area (TPSA) is 81.8 Å². The van der Waals surface area contributed by atoms with Crippen LogP contribution in [0.5, 0.6) is 0 Å². The molecule has 1 aromatic carbocycles. The number of nitrogen functional groups attached to an aromatic ring is 1. The van der Waals surface area contributed by atoms with Crippen LogP contribution < -0.4 is 5.73 Å². The van der Waals surface area contributed by atoms with E-state index >= 15 is 0 Å². The van der Waals surface area contributed by atoms with Crippen molar-refractivity contribution in [3.63, 3.8) is 0 Å². The molecule has 0 bridgehead atoms. The first kappa shape index (κ1) is 19.1. The van der Waals surface area contributed by atoms with E-state index in [4.69, 9.17) is 15.2 Å². The molecular formula is C18H29NO4S. The highest BCUT2D eigenvalue weighted by atomic mass is 32.3. The zero-order valence-electron chi connectivity index (χ0n) is 14.8. The van der Waals surface area contributed by atoms with Crippen molar-refractivity contribution < 1.29 is 19.4 Å². The summed E-state index contributed by atoms with van der Waals surface area (Å²) in [5, 5.41) is 9.85. The molecule has 1 aromatic rings. The molecule has 0 aromatic heterocycles. The molecule has 0 amide bonds. The molecule has 1 aliphatic carbocycles. The molecule has 0 radical (unpaired) electrons. The number of carbonyl (C=O) groups excluding carboxylic acids is 1. The number of aliphatic hydroxyl groups is 1. The highest BCUT2D eigenvalue weighted by Crippen LogP contribution is 2.33. The monoisotopic (exact) mass is 355 g/mol. The summed E-state index contributed by atoms with van der Waals surface area (Å²) < 4.78 is 11.2. The number of hydrogen-bond donors (Lipinski definition) is 2. The van der Waals surface area contributed by atoms with Gasteiger partial charge in [-0.2, -0.15) is 0 Å². The van der Waals surface area contributed by atoms with Crippen LogP contribution in [0, 0.1) is 0 Å². The highest BCUT2D eigenvalue weighted by Gasteiger charge is 2.26. The van der Waals surface area contributed by atoms with Crippen LogP contribution >= 0.6 is 10.0 Å². The average molecular weight is 356 g/mol. The highest BCUT2D eigenvalue weighted by molar-refractivity contribution is 8.32. The Balaban J connectivity index is 1.99. The van der Waals surface area contributed by atoms with Gasteiger partial charge in [-0.1, -0.05) is 0 Å². The molecule has 5 nitrogen and oxygen atoms in total. The number of nitrogens with two attached hydrogens (primary N) is 1. The van der Waals surface area contributed by atoms with Gasteiger partial charge in [-0.05, 0) is 61.8 Å². The van der Waals surface area contributed by atoms with Gasteiger partial charge < -0.3 is 20.3 Å². The van der Waals surface area contributed by atoms with Crippen molar-refractivity contribution in [3.05, 3.63) is 29.3 Å². The Kier molecular flexibility index (Phi) is 6.54. The molecule has 2 atom stereocenters. The fourth-order valence-electron chi connectivity index (χ4n) is 2.69. The molecule has 136 valence electrons. The average Bonchev–Trinajstić information content (AvgIpc) is 2.89. The molecular weight excluding hydrogens is 326 g/mol. The van der Waals surface area contributed by atoms with Crippen LogP contribution in [0.3, 0.4) is 0 Å². The van der Waals surface area contributed by atoms with Gasteiger partial charge in [0, 0.05) is 11.4 Å². The minimum absolute atomic E-state index is 0.167. The molecule has 0 heterocycles. The third kappa shape index (κ3) is 5.69. The summed E-state index contributed by atoms with van der Waals surface area (Å²) in [6, 6.07) is 5.12. The summed E-state index contributed by atoms with van der Waals surface area (Å²) in [6.07, 6.45) is 8.56. The van der Waals surface area contributed by atoms with Crippen LogP contribution in [0.4, 0.5) is 5.69 Å². The summed E-state index contributed by atoms with van der Waals surface area (Å²) in [5.41, 5.74) is 7.62. The van der Waals surface area contributed by atoms with Crippen molar-refractivity contribution in [1.82, 2.24) is 0 Å². The lowest BCUT2D eigenvalue weighted by molar-refractivity contribution is -0.0276. The van der Waals surface area contributed by atoms with Crippen LogP contribution in [0.2, 0.25) is 0 Å². The number of ether oxygens (including phenoxy) is 2. The Hall–Kier alpha value is -1.24. The van der Waals surface area contributed by atoms with Crippen molar-refractivity contribution >= 4 is 21.7 Å². The first-order chi connectivity index (χ1) is 11.3. The van der Waals surface area contributed by atoms with Crippen LogP contribution in [-0.2, 0) is 16.1 Å². The van der Waals surface area contributed by atoms with Gasteiger partial charge in [0.05, 0.1) is 31.0 Å². The van der Waals surface area contributed by atoms with Crippen molar-refractivity contribution in [3.8, 4) is 0 Å². The molecule has 2 unspecified atom stereocenters. The molecule has 0 saturated heterocycles. The first-order valence-electron chi connectivity index (χ1n) is 8.27. The van der Waals surface area contributed by atoms with E-state index in [0.29, 0.717) is 23.4 Å². The Labute approximate surface area is 145 Å². The number of rotatable bonds is 7. The lowest BCUT2D eigenvalue weighted by atomic mass is 10.1. The van der Waals surface area contributed by atoms with E-state index in [1.54, 1.807) is 18.2 Å². The summed E-state index contributed by atoms with van der Waals surface area (Å²) in [7, 11) is -0.696. The van der Waals surface area contributed by atoms with E-state index in [9.17, 15) is 9.90 Å². The van der Waals surface area contributed by atoms with Gasteiger partial charge in [0.15, 0.2) is 0 Å². The maximum atomic E-state index is 12.4. The SMILES string of the molecule is CS(C)(C)CCOC(=O)c1ccc(N)cc1COC1CCCC1O. The number of benzene rings is 1. The number of hydrogen-bond acceptors (Lipinski definition) is 5. The zero-order chi connectivity index (χ0) is 17.7. The van der Waals surface area contributed by atoms with Gasteiger partial charge in [0.1, 0.15) is 0 Å². The molecule has 6 heteroatoms. The maximum absolute atomic E-state index is 12.4. The Bertz CT molecular complexity index is 571. The zero-order valence-corrected chi connectivity index (χ0v) is 15.6. The smallest absolute Gasteiger partial charge is 0.338 e. The predicted octanol–water partition coefficient (Wildman–Crippen LogP) is 2.55. The third-order valence-corrected chi connectivity index (χ3v) is 5.54. The Morgan fingerprint density at radius 1 is 1.33 bits per heavy atom. The number of aliphatic hydroxyl groups excluding tert-OH is 1. The molecule has 2 rings (SSSR count). The second-order valence-electron chi connectivity index (χ2n) is 7.20. The van der Waals surface area contributed by atoms with Crippen LogP contribution in [0.25, 0.3) is 0 Å². The minimum atomic E-state index is -0.696. The summed E-state index contributed by atoms with van der Waals surface area (Å²) in [5.74, 6) is 0.539. The standard InChI is InChI=1S/C18H29NO4S/c1-24(2,3)10-9-22-18(21)15-8-7-14(19)11-13(15)12-23-17-6-4-5-16(17)20/h7-8,11,16-17,20H,4-6,9-10,12,19H2,1-3H3. The van der Waals surface area contributed by atoms with E-state index < -0.39 is 16.1 Å². The van der Waals surface area contributed by atoms with E-state index in [-0.39, 0.29) is 18.7 Å². The molecule has 24 heavy (non-hydrogen) atoms. The van der Waals surface area contributed by atoms with Crippen molar-refractivity contribution in [2.75, 3.05) is 36.9 Å². The molecule has 1 aliphatic rings.